The van der Waals surface area contributed by atoms with E-state index in [1.54, 1.807) is 4.90 Å². The lowest BCUT2D eigenvalue weighted by molar-refractivity contribution is -0.130. The van der Waals surface area contributed by atoms with Gasteiger partial charge in [-0.3, -0.25) is 4.79 Å². The zero-order valence-electron chi connectivity index (χ0n) is 16.3. The minimum absolute atomic E-state index is 0.0493. The van der Waals surface area contributed by atoms with Crippen molar-refractivity contribution in [1.82, 2.24) is 4.90 Å². The van der Waals surface area contributed by atoms with E-state index < -0.39 is 0 Å². The summed E-state index contributed by atoms with van der Waals surface area (Å²) in [5, 5.41) is 3.26. The van der Waals surface area contributed by atoms with E-state index in [4.69, 9.17) is 4.74 Å². The predicted molar refractivity (Wildman–Crippen MR) is 113 cm³/mol. The zero-order chi connectivity index (χ0) is 19.8. The summed E-state index contributed by atoms with van der Waals surface area (Å²) in [6.45, 7) is 3.01. The van der Waals surface area contributed by atoms with Gasteiger partial charge in [0.05, 0.1) is 0 Å². The van der Waals surface area contributed by atoms with Crippen molar-refractivity contribution in [2.24, 2.45) is 0 Å². The Morgan fingerprint density at radius 3 is 2.07 bits per heavy atom. The van der Waals surface area contributed by atoms with Crippen LogP contribution in [0, 0.1) is 0 Å². The minimum Gasteiger partial charge on any atom is -0.489 e. The van der Waals surface area contributed by atoms with Crippen molar-refractivity contribution in [2.45, 2.75) is 26.1 Å². The SMILES string of the molecule is CC(Nc1ccc(OCc2ccccc2)cc1)C(=O)N(C)Cc1ccccc1. The predicted octanol–water partition coefficient (Wildman–Crippen LogP) is 4.72. The molecule has 0 spiro atoms. The van der Waals surface area contributed by atoms with Crippen LogP contribution in [-0.2, 0) is 17.9 Å². The van der Waals surface area contributed by atoms with Gasteiger partial charge >= 0.3 is 0 Å². The minimum atomic E-state index is -0.315. The topological polar surface area (TPSA) is 41.6 Å². The second kappa shape index (κ2) is 9.60. The van der Waals surface area contributed by atoms with Crippen molar-refractivity contribution in [3.8, 4) is 5.75 Å². The molecule has 0 saturated carbocycles. The third-order valence-corrected chi connectivity index (χ3v) is 4.50. The Morgan fingerprint density at radius 2 is 1.46 bits per heavy atom. The molecule has 1 atom stereocenters. The summed E-state index contributed by atoms with van der Waals surface area (Å²) in [5.41, 5.74) is 3.14. The molecule has 0 aliphatic rings. The second-order valence-electron chi connectivity index (χ2n) is 6.84. The molecule has 0 saturated heterocycles. The van der Waals surface area contributed by atoms with E-state index in [-0.39, 0.29) is 11.9 Å². The van der Waals surface area contributed by atoms with Crippen LogP contribution in [0.4, 0.5) is 5.69 Å². The lowest BCUT2D eigenvalue weighted by Crippen LogP contribution is -2.38. The number of carbonyl (C=O) groups is 1. The van der Waals surface area contributed by atoms with Gasteiger partial charge in [0.25, 0.3) is 0 Å². The maximum Gasteiger partial charge on any atom is 0.244 e. The highest BCUT2D eigenvalue weighted by molar-refractivity contribution is 5.84. The van der Waals surface area contributed by atoms with Gasteiger partial charge in [-0.15, -0.1) is 0 Å². The Hall–Kier alpha value is -3.27. The van der Waals surface area contributed by atoms with Gasteiger partial charge in [0, 0.05) is 19.3 Å². The zero-order valence-corrected chi connectivity index (χ0v) is 16.3. The highest BCUT2D eigenvalue weighted by Crippen LogP contribution is 2.18. The highest BCUT2D eigenvalue weighted by atomic mass is 16.5. The van der Waals surface area contributed by atoms with E-state index in [9.17, 15) is 4.79 Å². The monoisotopic (exact) mass is 374 g/mol. The molecule has 1 N–H and O–H groups in total. The number of hydrogen-bond donors (Lipinski definition) is 1. The second-order valence-corrected chi connectivity index (χ2v) is 6.84. The van der Waals surface area contributed by atoms with Crippen LogP contribution in [0.3, 0.4) is 0 Å². The van der Waals surface area contributed by atoms with Crippen LogP contribution >= 0.6 is 0 Å². The van der Waals surface area contributed by atoms with Gasteiger partial charge in [-0.2, -0.15) is 0 Å². The van der Waals surface area contributed by atoms with E-state index >= 15 is 0 Å². The Bertz CT molecular complexity index is 864. The molecule has 0 fully saturated rings. The number of nitrogens with one attached hydrogen (secondary N) is 1. The molecule has 0 aliphatic carbocycles. The molecule has 4 heteroatoms. The van der Waals surface area contributed by atoms with Crippen LogP contribution in [0.1, 0.15) is 18.1 Å². The summed E-state index contributed by atoms with van der Waals surface area (Å²) in [4.78, 5) is 14.4. The molecule has 4 nitrogen and oxygen atoms in total. The molecular formula is C24H26N2O2. The van der Waals surface area contributed by atoms with Crippen molar-refractivity contribution in [3.63, 3.8) is 0 Å². The van der Waals surface area contributed by atoms with Crippen molar-refractivity contribution >= 4 is 11.6 Å². The van der Waals surface area contributed by atoms with Crippen LogP contribution in [0.15, 0.2) is 84.9 Å². The first-order chi connectivity index (χ1) is 13.6. The summed E-state index contributed by atoms with van der Waals surface area (Å²) in [6.07, 6.45) is 0. The van der Waals surface area contributed by atoms with E-state index in [2.05, 4.69) is 5.32 Å². The quantitative estimate of drug-likeness (QED) is 0.620. The first-order valence-corrected chi connectivity index (χ1v) is 9.44. The molecule has 3 aromatic carbocycles. The number of hydrogen-bond acceptors (Lipinski definition) is 3. The van der Waals surface area contributed by atoms with Gasteiger partial charge in [-0.05, 0) is 42.3 Å². The van der Waals surface area contributed by atoms with Crippen molar-refractivity contribution < 1.29 is 9.53 Å². The van der Waals surface area contributed by atoms with Crippen LogP contribution in [0.5, 0.6) is 5.75 Å². The van der Waals surface area contributed by atoms with E-state index in [1.807, 2.05) is 98.9 Å². The Kier molecular flexibility index (Phi) is 6.68. The summed E-state index contributed by atoms with van der Waals surface area (Å²) in [6, 6.07) is 27.4. The maximum absolute atomic E-state index is 12.6. The lowest BCUT2D eigenvalue weighted by atomic mass is 10.2. The summed E-state index contributed by atoms with van der Waals surface area (Å²) in [5.74, 6) is 0.850. The van der Waals surface area contributed by atoms with Crippen LogP contribution in [-0.4, -0.2) is 23.9 Å². The fourth-order valence-electron chi connectivity index (χ4n) is 2.97. The third-order valence-electron chi connectivity index (χ3n) is 4.50. The molecular weight excluding hydrogens is 348 g/mol. The first-order valence-electron chi connectivity index (χ1n) is 9.44. The first kappa shape index (κ1) is 19.5. The number of nitrogens with zero attached hydrogens (tertiary/aromatic N) is 1. The van der Waals surface area contributed by atoms with Gasteiger partial charge < -0.3 is 15.0 Å². The number of anilines is 1. The van der Waals surface area contributed by atoms with Gasteiger partial charge in [0.2, 0.25) is 5.91 Å². The average Bonchev–Trinajstić information content (AvgIpc) is 2.74. The molecule has 28 heavy (non-hydrogen) atoms. The van der Waals surface area contributed by atoms with Gasteiger partial charge in [0.15, 0.2) is 0 Å². The largest absolute Gasteiger partial charge is 0.489 e. The van der Waals surface area contributed by atoms with Crippen LogP contribution in [0.2, 0.25) is 0 Å². The number of amides is 1. The number of likely N-dealkylation sites (N-methyl/N-ethyl adjacent to an activating group) is 1. The Balaban J connectivity index is 1.50. The molecule has 3 rings (SSSR count). The standard InChI is InChI=1S/C24H26N2O2/c1-19(24(27)26(2)17-20-9-5-3-6-10-20)25-22-13-15-23(16-14-22)28-18-21-11-7-4-8-12-21/h3-16,19,25H,17-18H2,1-2H3. The maximum atomic E-state index is 12.6. The number of rotatable bonds is 8. The number of carbonyl (C=O) groups excluding carboxylic acids is 1. The van der Waals surface area contributed by atoms with E-state index in [1.165, 1.54) is 0 Å². The number of ether oxygens (including phenoxy) is 1. The third kappa shape index (κ3) is 5.61. The molecule has 3 aromatic rings. The van der Waals surface area contributed by atoms with Gasteiger partial charge in [-0.25, -0.2) is 0 Å². The molecule has 0 bridgehead atoms. The van der Waals surface area contributed by atoms with Gasteiger partial charge in [0.1, 0.15) is 18.4 Å². The van der Waals surface area contributed by atoms with Crippen LogP contribution < -0.4 is 10.1 Å². The molecule has 0 heterocycles. The van der Waals surface area contributed by atoms with Crippen LogP contribution in [0.25, 0.3) is 0 Å². The van der Waals surface area contributed by atoms with E-state index in [0.29, 0.717) is 13.2 Å². The molecule has 0 radical (unpaired) electrons. The highest BCUT2D eigenvalue weighted by Gasteiger charge is 2.17. The smallest absolute Gasteiger partial charge is 0.244 e. The Morgan fingerprint density at radius 1 is 0.893 bits per heavy atom. The van der Waals surface area contributed by atoms with E-state index in [0.717, 1.165) is 22.6 Å². The summed E-state index contributed by atoms with van der Waals surface area (Å²) < 4.78 is 5.80. The van der Waals surface area contributed by atoms with Crippen molar-refractivity contribution in [1.29, 1.82) is 0 Å². The fourth-order valence-corrected chi connectivity index (χ4v) is 2.97. The van der Waals surface area contributed by atoms with Crippen molar-refractivity contribution in [2.75, 3.05) is 12.4 Å². The fraction of sp³-hybridized carbons (Fsp3) is 0.208. The summed E-state index contributed by atoms with van der Waals surface area (Å²) in [7, 11) is 1.83. The molecule has 1 amide bonds. The molecule has 1 unspecified atom stereocenters. The normalized spacial score (nSPS) is 11.5. The molecule has 0 aliphatic heterocycles. The van der Waals surface area contributed by atoms with Gasteiger partial charge in [-0.1, -0.05) is 60.7 Å². The van der Waals surface area contributed by atoms with Crippen molar-refractivity contribution in [3.05, 3.63) is 96.1 Å². The molecule has 0 aromatic heterocycles. The number of benzene rings is 3. The Labute approximate surface area is 166 Å². The molecule has 144 valence electrons. The lowest BCUT2D eigenvalue weighted by Gasteiger charge is -2.23. The summed E-state index contributed by atoms with van der Waals surface area (Å²) >= 11 is 0. The average molecular weight is 374 g/mol.